The minimum Gasteiger partial charge on any atom is -0.497 e. The number of amides is 1. The molecular weight excluding hydrogens is 466 g/mol. The lowest BCUT2D eigenvalue weighted by Gasteiger charge is -2.36. The number of carbonyl (C=O) groups is 1. The Balaban J connectivity index is 1.51. The zero-order valence-corrected chi connectivity index (χ0v) is 20.7. The Morgan fingerprint density at radius 1 is 0.944 bits per heavy atom. The summed E-state index contributed by atoms with van der Waals surface area (Å²) in [6.07, 6.45) is 1.92. The van der Waals surface area contributed by atoms with Crippen LogP contribution >= 0.6 is 0 Å². The van der Waals surface area contributed by atoms with Crippen molar-refractivity contribution >= 4 is 5.91 Å². The van der Waals surface area contributed by atoms with Crippen LogP contribution in [0, 0.1) is 0 Å². The van der Waals surface area contributed by atoms with Crippen molar-refractivity contribution < 1.29 is 38.0 Å². The summed E-state index contributed by atoms with van der Waals surface area (Å²) < 4.78 is 38.6. The first-order chi connectivity index (χ1) is 17.6. The van der Waals surface area contributed by atoms with Gasteiger partial charge in [0.25, 0.3) is 0 Å². The number of hydrogen-bond donors (Lipinski definition) is 0. The summed E-state index contributed by atoms with van der Waals surface area (Å²) in [6.45, 7) is 0.889. The molecular formula is C27H31NO8. The van der Waals surface area contributed by atoms with Gasteiger partial charge in [0, 0.05) is 27.2 Å². The van der Waals surface area contributed by atoms with Crippen molar-refractivity contribution in [2.24, 2.45) is 0 Å². The van der Waals surface area contributed by atoms with Gasteiger partial charge < -0.3 is 38.1 Å². The van der Waals surface area contributed by atoms with Crippen molar-refractivity contribution in [1.82, 2.24) is 4.90 Å². The lowest BCUT2D eigenvalue weighted by Crippen LogP contribution is -2.43. The largest absolute Gasteiger partial charge is 0.497 e. The molecule has 0 bridgehead atoms. The van der Waals surface area contributed by atoms with Gasteiger partial charge in [0.05, 0.1) is 25.2 Å². The van der Waals surface area contributed by atoms with Gasteiger partial charge in [-0.1, -0.05) is 24.3 Å². The minimum atomic E-state index is -0.459. The van der Waals surface area contributed by atoms with Crippen LogP contribution in [0.2, 0.25) is 0 Å². The Morgan fingerprint density at radius 3 is 2.44 bits per heavy atom. The number of carbonyl (C=O) groups excluding carboxylic acids is 1. The molecule has 0 unspecified atom stereocenters. The first-order valence-electron chi connectivity index (χ1n) is 11.9. The third kappa shape index (κ3) is 4.79. The summed E-state index contributed by atoms with van der Waals surface area (Å²) in [7, 11) is 4.80. The normalized spacial score (nSPS) is 24.6. The summed E-state index contributed by atoms with van der Waals surface area (Å²) in [5.41, 5.74) is 2.87. The fourth-order valence-corrected chi connectivity index (χ4v) is 5.12. The van der Waals surface area contributed by atoms with Crippen LogP contribution in [-0.4, -0.2) is 70.8 Å². The van der Waals surface area contributed by atoms with Gasteiger partial charge in [0.15, 0.2) is 11.5 Å². The number of hydrogen-bond acceptors (Lipinski definition) is 8. The van der Waals surface area contributed by atoms with Crippen LogP contribution < -0.4 is 14.2 Å². The molecule has 2 heterocycles. The Labute approximate surface area is 210 Å². The molecule has 0 aromatic heterocycles. The SMILES string of the molecule is COCO[C@H]1C[C@@H]2C(=C[C@H]1OCOC)[C@H](c1ccc3c(c1)OCO3)C(=O)N2Cc1ccc(OC)cc1. The molecule has 1 saturated heterocycles. The second-order valence-corrected chi connectivity index (χ2v) is 8.93. The molecule has 2 aromatic rings. The molecule has 2 aromatic carbocycles. The van der Waals surface area contributed by atoms with Gasteiger partial charge in [-0.05, 0) is 41.0 Å². The van der Waals surface area contributed by atoms with Gasteiger partial charge in [-0.15, -0.1) is 0 Å². The van der Waals surface area contributed by atoms with Crippen LogP contribution in [0.25, 0.3) is 0 Å². The lowest BCUT2D eigenvalue weighted by molar-refractivity contribution is -0.152. The van der Waals surface area contributed by atoms with Crippen molar-refractivity contribution in [3.63, 3.8) is 0 Å². The molecule has 1 amide bonds. The molecule has 1 aliphatic carbocycles. The molecule has 9 heteroatoms. The predicted molar refractivity (Wildman–Crippen MR) is 129 cm³/mol. The van der Waals surface area contributed by atoms with Crippen LogP contribution in [0.4, 0.5) is 0 Å². The van der Waals surface area contributed by atoms with E-state index in [1.165, 1.54) is 0 Å². The van der Waals surface area contributed by atoms with Crippen LogP contribution in [0.5, 0.6) is 17.2 Å². The molecule has 0 N–H and O–H groups in total. The molecule has 0 saturated carbocycles. The minimum absolute atomic E-state index is 0.0267. The zero-order chi connectivity index (χ0) is 25.1. The molecule has 5 rings (SSSR count). The van der Waals surface area contributed by atoms with Crippen LogP contribution in [0.15, 0.2) is 54.1 Å². The average molecular weight is 498 g/mol. The second-order valence-electron chi connectivity index (χ2n) is 8.93. The number of rotatable bonds is 10. The van der Waals surface area contributed by atoms with E-state index < -0.39 is 5.92 Å². The molecule has 1 fully saturated rings. The van der Waals surface area contributed by atoms with E-state index in [0.717, 1.165) is 22.4 Å². The number of benzene rings is 2. The third-order valence-corrected chi connectivity index (χ3v) is 6.82. The van der Waals surface area contributed by atoms with Gasteiger partial charge >= 0.3 is 0 Å². The average Bonchev–Trinajstić information content (AvgIpc) is 3.48. The highest BCUT2D eigenvalue weighted by Gasteiger charge is 2.49. The van der Waals surface area contributed by atoms with Crippen LogP contribution in [0.1, 0.15) is 23.5 Å². The molecule has 9 nitrogen and oxygen atoms in total. The maximum atomic E-state index is 14.0. The van der Waals surface area contributed by atoms with Gasteiger partial charge in [0.2, 0.25) is 12.7 Å². The Kier molecular flexibility index (Phi) is 7.43. The van der Waals surface area contributed by atoms with E-state index in [1.54, 1.807) is 21.3 Å². The van der Waals surface area contributed by atoms with Crippen molar-refractivity contribution in [2.75, 3.05) is 41.7 Å². The van der Waals surface area contributed by atoms with Crippen molar-refractivity contribution in [3.05, 3.63) is 65.2 Å². The van der Waals surface area contributed by atoms with E-state index in [-0.39, 0.29) is 44.5 Å². The molecule has 36 heavy (non-hydrogen) atoms. The number of likely N-dealkylation sites (tertiary alicyclic amines) is 1. The topological polar surface area (TPSA) is 84.9 Å². The van der Waals surface area contributed by atoms with E-state index in [1.807, 2.05) is 53.4 Å². The smallest absolute Gasteiger partial charge is 0.235 e. The Hall–Kier alpha value is -3.11. The quantitative estimate of drug-likeness (QED) is 0.366. The van der Waals surface area contributed by atoms with E-state index in [9.17, 15) is 4.79 Å². The fourth-order valence-electron chi connectivity index (χ4n) is 5.12. The number of fused-ring (bicyclic) bond motifs is 2. The molecule has 2 aliphatic heterocycles. The monoisotopic (exact) mass is 497 g/mol. The number of nitrogens with zero attached hydrogens (tertiary/aromatic N) is 1. The third-order valence-electron chi connectivity index (χ3n) is 6.82. The van der Waals surface area contributed by atoms with Gasteiger partial charge in [-0.2, -0.15) is 0 Å². The summed E-state index contributed by atoms with van der Waals surface area (Å²) in [5.74, 6) is 1.67. The van der Waals surface area contributed by atoms with Crippen molar-refractivity contribution in [1.29, 1.82) is 0 Å². The summed E-state index contributed by atoms with van der Waals surface area (Å²) >= 11 is 0. The fraction of sp³-hybridized carbons (Fsp3) is 0.444. The highest BCUT2D eigenvalue weighted by molar-refractivity contribution is 5.92. The first-order valence-corrected chi connectivity index (χ1v) is 11.9. The maximum absolute atomic E-state index is 14.0. The standard InChI is InChI=1S/C27H31NO8/c1-30-14-33-24-11-20-21(12-25(24)34-15-31-2)28(13-17-4-7-19(32-3)8-5-17)27(29)26(20)18-6-9-22-23(10-18)36-16-35-22/h4-11,21,24-26H,12-16H2,1-3H3/t21-,24-,25+,26+/m1/s1. The molecule has 192 valence electrons. The van der Waals surface area contributed by atoms with E-state index in [4.69, 9.17) is 33.2 Å². The number of methoxy groups -OCH3 is 3. The zero-order valence-electron chi connectivity index (χ0n) is 20.7. The second kappa shape index (κ2) is 10.9. The predicted octanol–water partition coefficient (Wildman–Crippen LogP) is 3.23. The highest BCUT2D eigenvalue weighted by Crippen LogP contribution is 2.46. The first kappa shape index (κ1) is 24.6. The summed E-state index contributed by atoms with van der Waals surface area (Å²) in [4.78, 5) is 15.9. The van der Waals surface area contributed by atoms with E-state index in [0.29, 0.717) is 24.5 Å². The van der Waals surface area contributed by atoms with Gasteiger partial charge in [0.1, 0.15) is 25.4 Å². The van der Waals surface area contributed by atoms with Crippen LogP contribution in [0.3, 0.4) is 0 Å². The molecule has 3 aliphatic rings. The van der Waals surface area contributed by atoms with Gasteiger partial charge in [-0.25, -0.2) is 0 Å². The number of ether oxygens (including phenoxy) is 7. The lowest BCUT2D eigenvalue weighted by atomic mass is 9.83. The maximum Gasteiger partial charge on any atom is 0.235 e. The Bertz CT molecular complexity index is 1100. The molecule has 0 radical (unpaired) electrons. The van der Waals surface area contributed by atoms with Gasteiger partial charge in [-0.3, -0.25) is 4.79 Å². The molecule has 4 atom stereocenters. The van der Waals surface area contributed by atoms with Crippen molar-refractivity contribution in [3.8, 4) is 17.2 Å². The Morgan fingerprint density at radius 2 is 1.69 bits per heavy atom. The van der Waals surface area contributed by atoms with E-state index in [2.05, 4.69) is 0 Å². The summed E-state index contributed by atoms with van der Waals surface area (Å²) in [6, 6.07) is 13.3. The molecule has 0 spiro atoms. The van der Waals surface area contributed by atoms with E-state index >= 15 is 0 Å². The van der Waals surface area contributed by atoms with Crippen LogP contribution in [-0.2, 0) is 30.3 Å². The van der Waals surface area contributed by atoms with Crippen molar-refractivity contribution in [2.45, 2.75) is 37.1 Å². The highest BCUT2D eigenvalue weighted by atomic mass is 16.7. The summed E-state index contributed by atoms with van der Waals surface area (Å²) in [5, 5.41) is 0.